The van der Waals surface area contributed by atoms with Gasteiger partial charge in [-0.15, -0.1) is 0 Å². The lowest BCUT2D eigenvalue weighted by Crippen LogP contribution is -1.94. The fourth-order valence-electron chi connectivity index (χ4n) is 1.81. The third-order valence-corrected chi connectivity index (χ3v) is 3.10. The number of rotatable bonds is 4. The van der Waals surface area contributed by atoms with Gasteiger partial charge in [-0.3, -0.25) is 30.3 Å². The molecule has 0 saturated carbocycles. The predicted molar refractivity (Wildman–Crippen MR) is 76.9 cm³/mol. The van der Waals surface area contributed by atoms with Crippen LogP contribution in [0.3, 0.4) is 0 Å². The van der Waals surface area contributed by atoms with E-state index in [0.29, 0.717) is 5.56 Å². The molecule has 0 aromatic heterocycles. The highest BCUT2D eigenvalue weighted by Crippen LogP contribution is 2.33. The van der Waals surface area contributed by atoms with Crippen LogP contribution in [0.25, 0.3) is 11.1 Å². The molecule has 0 saturated heterocycles. The molecule has 2 aromatic rings. The Labute approximate surface area is 127 Å². The second kappa shape index (κ2) is 5.74. The Bertz CT molecular complexity index is 775. The number of nitro groups is 3. The summed E-state index contributed by atoms with van der Waals surface area (Å²) in [7, 11) is 0. The fraction of sp³-hybridized carbons (Fsp3) is 0. The van der Waals surface area contributed by atoms with Gasteiger partial charge >= 0.3 is 0 Å². The van der Waals surface area contributed by atoms with Crippen LogP contribution in [0.4, 0.5) is 17.1 Å². The molecule has 0 N–H and O–H groups in total. The second-order valence-corrected chi connectivity index (χ2v) is 4.58. The van der Waals surface area contributed by atoms with E-state index in [0.717, 1.165) is 24.3 Å². The number of hydrogen-bond acceptors (Lipinski definition) is 6. The summed E-state index contributed by atoms with van der Waals surface area (Å²) in [5, 5.41) is 32.2. The zero-order valence-electron chi connectivity index (χ0n) is 10.6. The van der Waals surface area contributed by atoms with Gasteiger partial charge in [0, 0.05) is 18.2 Å². The van der Waals surface area contributed by atoms with E-state index in [-0.39, 0.29) is 16.3 Å². The maximum absolute atomic E-state index is 10.8. The monoisotopic (exact) mass is 323 g/mol. The molecule has 2 aromatic carbocycles. The van der Waals surface area contributed by atoms with E-state index >= 15 is 0 Å². The molecule has 0 bridgehead atoms. The minimum Gasteiger partial charge on any atom is -0.258 e. The van der Waals surface area contributed by atoms with Gasteiger partial charge in [-0.2, -0.15) is 0 Å². The summed E-state index contributed by atoms with van der Waals surface area (Å²) < 4.78 is 0. The van der Waals surface area contributed by atoms with Crippen molar-refractivity contribution in [2.45, 2.75) is 0 Å². The van der Waals surface area contributed by atoms with Crippen molar-refractivity contribution in [1.29, 1.82) is 0 Å². The molecule has 0 radical (unpaired) electrons. The summed E-state index contributed by atoms with van der Waals surface area (Å²) in [6.45, 7) is 0. The van der Waals surface area contributed by atoms with E-state index in [1.165, 1.54) is 12.1 Å². The Balaban J connectivity index is 2.61. The van der Waals surface area contributed by atoms with Crippen LogP contribution in [-0.2, 0) is 0 Å². The molecule has 0 amide bonds. The van der Waals surface area contributed by atoms with E-state index < -0.39 is 26.1 Å². The van der Waals surface area contributed by atoms with E-state index in [9.17, 15) is 30.3 Å². The van der Waals surface area contributed by atoms with Crippen LogP contribution in [0.5, 0.6) is 0 Å². The van der Waals surface area contributed by atoms with Crippen LogP contribution in [0.2, 0.25) is 5.02 Å². The average Bonchev–Trinajstić information content (AvgIpc) is 2.46. The molecule has 0 aliphatic rings. The summed E-state index contributed by atoms with van der Waals surface area (Å²) in [5.41, 5.74) is -0.789. The number of halogens is 1. The summed E-state index contributed by atoms with van der Waals surface area (Å²) >= 11 is 5.77. The predicted octanol–water partition coefficient (Wildman–Crippen LogP) is 3.73. The van der Waals surface area contributed by atoms with Crippen molar-refractivity contribution in [3.63, 3.8) is 0 Å². The standard InChI is InChI=1S/C12H6ClN3O6/c13-11-5-7(1-2-12(11)16(21)22)8-3-9(14(17)18)6-10(4-8)15(19)20/h1-6H. The SMILES string of the molecule is O=[N+]([O-])c1cc(-c2ccc([N+](=O)[O-])c(Cl)c2)cc([N+](=O)[O-])c1. The van der Waals surface area contributed by atoms with E-state index in [1.807, 2.05) is 0 Å². The molecule has 9 nitrogen and oxygen atoms in total. The number of benzene rings is 2. The summed E-state index contributed by atoms with van der Waals surface area (Å²) in [5.74, 6) is 0. The van der Waals surface area contributed by atoms with E-state index in [2.05, 4.69) is 0 Å². The van der Waals surface area contributed by atoms with E-state index in [4.69, 9.17) is 11.6 Å². The Hall–Kier alpha value is -3.07. The maximum Gasteiger partial charge on any atom is 0.287 e. The largest absolute Gasteiger partial charge is 0.287 e. The molecular weight excluding hydrogens is 318 g/mol. The molecule has 0 heterocycles. The fourth-order valence-corrected chi connectivity index (χ4v) is 2.06. The van der Waals surface area contributed by atoms with Crippen molar-refractivity contribution in [2.75, 3.05) is 0 Å². The first-order chi connectivity index (χ1) is 10.3. The quantitative estimate of drug-likeness (QED) is 0.622. The number of hydrogen-bond donors (Lipinski definition) is 0. The molecule has 0 spiro atoms. The molecule has 10 heteroatoms. The first-order valence-corrected chi connectivity index (χ1v) is 6.05. The molecule has 0 unspecified atom stereocenters. The van der Waals surface area contributed by atoms with Crippen LogP contribution >= 0.6 is 11.6 Å². The first-order valence-electron chi connectivity index (χ1n) is 5.68. The van der Waals surface area contributed by atoms with Gasteiger partial charge in [0.15, 0.2) is 0 Å². The number of nitrogens with zero attached hydrogens (tertiary/aromatic N) is 3. The van der Waals surface area contributed by atoms with Crippen molar-refractivity contribution in [3.8, 4) is 11.1 Å². The van der Waals surface area contributed by atoms with Crippen LogP contribution in [0.15, 0.2) is 36.4 Å². The summed E-state index contributed by atoms with van der Waals surface area (Å²) in [6.07, 6.45) is 0. The van der Waals surface area contributed by atoms with Crippen LogP contribution in [0, 0.1) is 30.3 Å². The first kappa shape index (κ1) is 15.3. The molecule has 2 rings (SSSR count). The zero-order valence-corrected chi connectivity index (χ0v) is 11.4. The van der Waals surface area contributed by atoms with Crippen molar-refractivity contribution in [3.05, 3.63) is 71.8 Å². The Morgan fingerprint density at radius 1 is 0.727 bits per heavy atom. The van der Waals surface area contributed by atoms with Gasteiger partial charge in [0.05, 0.1) is 20.8 Å². The van der Waals surface area contributed by atoms with Gasteiger partial charge in [-0.25, -0.2) is 0 Å². The third kappa shape index (κ3) is 2.99. The van der Waals surface area contributed by atoms with Crippen molar-refractivity contribution in [1.82, 2.24) is 0 Å². The minimum atomic E-state index is -0.760. The third-order valence-electron chi connectivity index (χ3n) is 2.80. The van der Waals surface area contributed by atoms with Crippen molar-refractivity contribution in [2.24, 2.45) is 0 Å². The van der Waals surface area contributed by atoms with Gasteiger partial charge in [-0.1, -0.05) is 11.6 Å². The Morgan fingerprint density at radius 3 is 1.68 bits per heavy atom. The van der Waals surface area contributed by atoms with Gasteiger partial charge in [0.2, 0.25) is 0 Å². The molecule has 0 aliphatic heterocycles. The molecule has 112 valence electrons. The van der Waals surface area contributed by atoms with E-state index in [1.54, 1.807) is 0 Å². The van der Waals surface area contributed by atoms with Gasteiger partial charge in [0.1, 0.15) is 5.02 Å². The topological polar surface area (TPSA) is 129 Å². The average molecular weight is 324 g/mol. The Morgan fingerprint density at radius 2 is 1.27 bits per heavy atom. The summed E-state index contributed by atoms with van der Waals surface area (Å²) in [6, 6.07) is 6.75. The lowest BCUT2D eigenvalue weighted by Gasteiger charge is -2.03. The number of nitro benzene ring substituents is 3. The van der Waals surface area contributed by atoms with Gasteiger partial charge in [0.25, 0.3) is 17.1 Å². The highest BCUT2D eigenvalue weighted by Gasteiger charge is 2.19. The highest BCUT2D eigenvalue weighted by molar-refractivity contribution is 6.32. The smallest absolute Gasteiger partial charge is 0.258 e. The van der Waals surface area contributed by atoms with Crippen LogP contribution in [0.1, 0.15) is 0 Å². The van der Waals surface area contributed by atoms with Gasteiger partial charge < -0.3 is 0 Å². The van der Waals surface area contributed by atoms with Crippen LogP contribution < -0.4 is 0 Å². The van der Waals surface area contributed by atoms with Crippen molar-refractivity contribution < 1.29 is 14.8 Å². The molecule has 0 aliphatic carbocycles. The lowest BCUT2D eigenvalue weighted by atomic mass is 10.0. The second-order valence-electron chi connectivity index (χ2n) is 4.18. The molecular formula is C12H6ClN3O6. The summed E-state index contributed by atoms with van der Waals surface area (Å²) in [4.78, 5) is 30.2. The molecule has 0 atom stereocenters. The lowest BCUT2D eigenvalue weighted by molar-refractivity contribution is -0.394. The normalized spacial score (nSPS) is 10.2. The molecule has 22 heavy (non-hydrogen) atoms. The maximum atomic E-state index is 10.8. The molecule has 0 fully saturated rings. The number of non-ortho nitro benzene ring substituents is 2. The van der Waals surface area contributed by atoms with Gasteiger partial charge in [-0.05, 0) is 23.3 Å². The van der Waals surface area contributed by atoms with Crippen molar-refractivity contribution >= 4 is 28.7 Å². The minimum absolute atomic E-state index is 0.165. The zero-order chi connectivity index (χ0) is 16.4. The Kier molecular flexibility index (Phi) is 4.00. The van der Waals surface area contributed by atoms with Crippen LogP contribution in [-0.4, -0.2) is 14.8 Å². The highest BCUT2D eigenvalue weighted by atomic mass is 35.5.